The van der Waals surface area contributed by atoms with Crippen molar-refractivity contribution in [1.82, 2.24) is 4.98 Å². The van der Waals surface area contributed by atoms with Crippen molar-refractivity contribution >= 4 is 41.0 Å². The Morgan fingerprint density at radius 2 is 1.95 bits per heavy atom. The minimum Gasteiger partial charge on any atom is -0.386 e. The van der Waals surface area contributed by atoms with Gasteiger partial charge in [-0.3, -0.25) is 4.79 Å². The predicted octanol–water partition coefficient (Wildman–Crippen LogP) is 1.44. The normalized spacial score (nSPS) is 12.1. The molecule has 1 heterocycles. The molecule has 3 aromatic rings. The second-order valence-corrected chi connectivity index (χ2v) is 5.80. The number of nitrogens with one attached hydrogen (secondary N) is 1. The zero-order valence-corrected chi connectivity index (χ0v) is 11.9. The minimum atomic E-state index is -0.934. The van der Waals surface area contributed by atoms with E-state index in [1.165, 1.54) is 0 Å². The first-order chi connectivity index (χ1) is 9.77. The molecule has 4 nitrogen and oxygen atoms in total. The van der Waals surface area contributed by atoms with E-state index < -0.39 is 11.5 Å². The fraction of sp³-hybridized carbons (Fsp3) is 0.188. The van der Waals surface area contributed by atoms with E-state index >= 15 is 0 Å². The average molecular weight is 278 g/mol. The third kappa shape index (κ3) is 2.19. The van der Waals surface area contributed by atoms with Crippen LogP contribution in [0.15, 0.2) is 30.3 Å². The molecule has 2 radical (unpaired) electrons. The maximum atomic E-state index is 11.6. The number of hydrogen-bond donors (Lipinski definition) is 3. The Kier molecular flexibility index (Phi) is 2.85. The number of carbonyl (C=O) groups excluding carboxylic acids is 1. The molecule has 0 saturated heterocycles. The van der Waals surface area contributed by atoms with Gasteiger partial charge < -0.3 is 15.8 Å². The van der Waals surface area contributed by atoms with Gasteiger partial charge in [0, 0.05) is 16.3 Å². The zero-order chi connectivity index (χ0) is 15.4. The van der Waals surface area contributed by atoms with Crippen molar-refractivity contribution < 1.29 is 9.90 Å². The molecule has 1 aromatic heterocycles. The topological polar surface area (TPSA) is 79.1 Å². The van der Waals surface area contributed by atoms with Gasteiger partial charge in [-0.05, 0) is 25.5 Å². The second-order valence-electron chi connectivity index (χ2n) is 5.80. The number of H-pyrrole nitrogens is 1. The third-order valence-corrected chi connectivity index (χ3v) is 3.70. The van der Waals surface area contributed by atoms with Gasteiger partial charge in [0.05, 0.1) is 16.7 Å². The van der Waals surface area contributed by atoms with Gasteiger partial charge in [-0.2, -0.15) is 0 Å². The van der Waals surface area contributed by atoms with Crippen molar-refractivity contribution in [1.29, 1.82) is 0 Å². The predicted molar refractivity (Wildman–Crippen MR) is 85.0 cm³/mol. The fourth-order valence-corrected chi connectivity index (χ4v) is 2.60. The lowest BCUT2D eigenvalue weighted by Gasteiger charge is -2.17. The Morgan fingerprint density at radius 1 is 1.24 bits per heavy atom. The molecule has 0 atom stereocenters. The zero-order valence-electron chi connectivity index (χ0n) is 11.9. The van der Waals surface area contributed by atoms with Crippen LogP contribution in [0, 0.1) is 0 Å². The summed E-state index contributed by atoms with van der Waals surface area (Å²) in [6.45, 7) is 3.45. The quantitative estimate of drug-likeness (QED) is 0.620. The van der Waals surface area contributed by atoms with Crippen LogP contribution >= 0.6 is 0 Å². The van der Waals surface area contributed by atoms with Crippen molar-refractivity contribution in [3.05, 3.63) is 41.5 Å². The van der Waals surface area contributed by atoms with Crippen LogP contribution in [-0.4, -0.2) is 23.8 Å². The summed E-state index contributed by atoms with van der Waals surface area (Å²) in [6, 6.07) is 9.02. The Balaban J connectivity index is 2.39. The van der Waals surface area contributed by atoms with E-state index in [4.69, 9.17) is 13.6 Å². The molecular formula is C16H15BN2O2. The van der Waals surface area contributed by atoms with Gasteiger partial charge in [0.1, 0.15) is 7.85 Å². The first-order valence-electron chi connectivity index (χ1n) is 6.65. The van der Waals surface area contributed by atoms with Crippen molar-refractivity contribution in [2.75, 3.05) is 0 Å². The summed E-state index contributed by atoms with van der Waals surface area (Å²) in [5, 5.41) is 11.9. The molecular weight excluding hydrogens is 263 g/mol. The van der Waals surface area contributed by atoms with Gasteiger partial charge in [0.2, 0.25) is 0 Å². The van der Waals surface area contributed by atoms with Crippen LogP contribution in [0.2, 0.25) is 0 Å². The van der Waals surface area contributed by atoms with E-state index in [1.807, 2.05) is 24.3 Å². The number of hydrogen-bond acceptors (Lipinski definition) is 2. The van der Waals surface area contributed by atoms with Crippen LogP contribution in [0.1, 0.15) is 29.8 Å². The van der Waals surface area contributed by atoms with Crippen molar-refractivity contribution in [3.63, 3.8) is 0 Å². The Labute approximate surface area is 123 Å². The summed E-state index contributed by atoms with van der Waals surface area (Å²) in [7, 11) is 5.85. The summed E-state index contributed by atoms with van der Waals surface area (Å²) < 4.78 is 0. The molecule has 21 heavy (non-hydrogen) atoms. The van der Waals surface area contributed by atoms with Crippen LogP contribution in [0.4, 0.5) is 0 Å². The lowest BCUT2D eigenvalue weighted by atomic mass is 9.91. The molecule has 0 saturated carbocycles. The lowest BCUT2D eigenvalue weighted by molar-refractivity contribution is 0.0787. The number of rotatable bonds is 2. The summed E-state index contributed by atoms with van der Waals surface area (Å²) in [4.78, 5) is 14.8. The van der Waals surface area contributed by atoms with Gasteiger partial charge in [0.25, 0.3) is 5.91 Å². The van der Waals surface area contributed by atoms with E-state index in [-0.39, 0.29) is 0 Å². The maximum absolute atomic E-state index is 11.6. The van der Waals surface area contributed by atoms with E-state index in [2.05, 4.69) is 4.98 Å². The number of fused-ring (bicyclic) bond motifs is 3. The largest absolute Gasteiger partial charge is 0.386 e. The highest BCUT2D eigenvalue weighted by atomic mass is 16.3. The van der Waals surface area contributed by atoms with E-state index in [1.54, 1.807) is 19.9 Å². The van der Waals surface area contributed by atoms with Crippen LogP contribution in [-0.2, 0) is 5.60 Å². The molecule has 0 bridgehead atoms. The molecule has 0 spiro atoms. The Morgan fingerprint density at radius 3 is 2.57 bits per heavy atom. The highest BCUT2D eigenvalue weighted by Gasteiger charge is 2.18. The van der Waals surface area contributed by atoms with Crippen LogP contribution in [0.25, 0.3) is 21.8 Å². The Bertz CT molecular complexity index is 875. The monoisotopic (exact) mass is 278 g/mol. The SMILES string of the molecule is [B]c1cc(C(N)=O)c2[nH]c3cc(C(C)(C)O)ccc3c2c1. The maximum Gasteiger partial charge on any atom is 0.250 e. The Hall–Kier alpha value is -2.27. The van der Waals surface area contributed by atoms with E-state index in [0.717, 1.165) is 21.9 Å². The first-order valence-corrected chi connectivity index (χ1v) is 6.65. The molecule has 0 aliphatic rings. The number of nitrogens with two attached hydrogens (primary N) is 1. The summed E-state index contributed by atoms with van der Waals surface area (Å²) in [5.74, 6) is -0.526. The number of amides is 1. The van der Waals surface area contributed by atoms with Crippen LogP contribution in [0.3, 0.4) is 0 Å². The minimum absolute atomic E-state index is 0.367. The van der Waals surface area contributed by atoms with Crippen molar-refractivity contribution in [3.8, 4) is 0 Å². The van der Waals surface area contributed by atoms with Crippen molar-refractivity contribution in [2.45, 2.75) is 19.4 Å². The first kappa shape index (κ1) is 13.7. The molecule has 104 valence electrons. The smallest absolute Gasteiger partial charge is 0.250 e. The molecule has 0 fully saturated rings. The standard InChI is InChI=1S/C16H15BN2O2/c1-16(2,21)8-3-4-10-11-6-9(17)7-12(15(18)20)14(11)19-13(10)5-8/h3-7,19,21H,1-2H3,(H2,18,20). The molecule has 1 amide bonds. The van der Waals surface area contributed by atoms with Gasteiger partial charge in [-0.25, -0.2) is 0 Å². The van der Waals surface area contributed by atoms with Crippen LogP contribution in [0.5, 0.6) is 0 Å². The van der Waals surface area contributed by atoms with E-state index in [9.17, 15) is 9.90 Å². The molecule has 0 unspecified atom stereocenters. The highest BCUT2D eigenvalue weighted by Crippen LogP contribution is 2.30. The molecule has 2 aromatic carbocycles. The molecule has 5 heteroatoms. The number of primary amides is 1. The number of aromatic nitrogens is 1. The molecule has 0 aliphatic carbocycles. The lowest BCUT2D eigenvalue weighted by Crippen LogP contribution is -2.15. The fourth-order valence-electron chi connectivity index (χ4n) is 2.60. The highest BCUT2D eigenvalue weighted by molar-refractivity contribution is 6.35. The molecule has 4 N–H and O–H groups in total. The summed E-state index contributed by atoms with van der Waals surface area (Å²) >= 11 is 0. The van der Waals surface area contributed by atoms with Gasteiger partial charge in [-0.15, -0.1) is 0 Å². The summed E-state index contributed by atoms with van der Waals surface area (Å²) in [5.41, 5.74) is 7.62. The van der Waals surface area contributed by atoms with Crippen LogP contribution < -0.4 is 11.2 Å². The van der Waals surface area contributed by atoms with Gasteiger partial charge in [-0.1, -0.05) is 29.7 Å². The number of benzene rings is 2. The van der Waals surface area contributed by atoms with Crippen molar-refractivity contribution in [2.24, 2.45) is 5.73 Å². The summed E-state index contributed by atoms with van der Waals surface area (Å²) in [6.07, 6.45) is 0. The average Bonchev–Trinajstić information content (AvgIpc) is 2.74. The number of aliphatic hydroxyl groups is 1. The number of carbonyl (C=O) groups is 1. The number of aromatic amines is 1. The van der Waals surface area contributed by atoms with E-state index in [0.29, 0.717) is 16.5 Å². The second kappa shape index (κ2) is 4.36. The third-order valence-electron chi connectivity index (χ3n) is 3.70. The van der Waals surface area contributed by atoms with Gasteiger partial charge >= 0.3 is 0 Å². The molecule has 0 aliphatic heterocycles. The van der Waals surface area contributed by atoms with Gasteiger partial charge in [0.15, 0.2) is 0 Å². The molecule has 3 rings (SSSR count).